The third kappa shape index (κ3) is 4.62. The molecular weight excluding hydrogens is 390 g/mol. The van der Waals surface area contributed by atoms with E-state index in [0.29, 0.717) is 12.7 Å². The van der Waals surface area contributed by atoms with Crippen LogP contribution < -0.4 is 14.8 Å². The Morgan fingerprint density at radius 2 is 2.05 bits per heavy atom. The van der Waals surface area contributed by atoms with E-state index >= 15 is 0 Å². The lowest BCUT2D eigenvalue weighted by atomic mass is 10.2. The average molecular weight is 409 g/mol. The first kappa shape index (κ1) is 16.1. The van der Waals surface area contributed by atoms with Crippen molar-refractivity contribution in [1.29, 1.82) is 0 Å². The molecule has 1 fully saturated rings. The second kappa shape index (κ2) is 8.22. The van der Waals surface area contributed by atoms with Crippen molar-refractivity contribution in [3.63, 3.8) is 0 Å². The van der Waals surface area contributed by atoms with E-state index < -0.39 is 0 Å². The van der Waals surface area contributed by atoms with Crippen LogP contribution in [0.4, 0.5) is 0 Å². The monoisotopic (exact) mass is 407 g/mol. The normalized spacial score (nSPS) is 18.2. The number of halogens is 2. The van der Waals surface area contributed by atoms with Crippen molar-refractivity contribution >= 4 is 31.9 Å². The Kier molecular flexibility index (Phi) is 6.61. The van der Waals surface area contributed by atoms with Crippen LogP contribution >= 0.6 is 31.9 Å². The van der Waals surface area contributed by atoms with Gasteiger partial charge >= 0.3 is 0 Å². The van der Waals surface area contributed by atoms with Gasteiger partial charge in [0.15, 0.2) is 0 Å². The molecule has 0 aromatic heterocycles. The molecule has 1 saturated heterocycles. The van der Waals surface area contributed by atoms with Crippen LogP contribution in [0.2, 0.25) is 0 Å². The molecule has 1 aromatic rings. The molecule has 0 bridgehead atoms. The second-order valence-electron chi connectivity index (χ2n) is 4.60. The minimum absolute atomic E-state index is 0.372. The summed E-state index contributed by atoms with van der Waals surface area (Å²) in [6.07, 6.45) is 2.71. The fourth-order valence-corrected chi connectivity index (χ4v) is 3.00. The van der Waals surface area contributed by atoms with Crippen molar-refractivity contribution in [2.24, 2.45) is 0 Å². The summed E-state index contributed by atoms with van der Waals surface area (Å²) in [6.45, 7) is 3.21. The molecular formula is C14H19Br2NO3. The van der Waals surface area contributed by atoms with Gasteiger partial charge in [-0.15, -0.1) is 0 Å². The van der Waals surface area contributed by atoms with Crippen LogP contribution in [0.15, 0.2) is 21.1 Å². The number of methoxy groups -OCH3 is 1. The van der Waals surface area contributed by atoms with E-state index in [-0.39, 0.29) is 0 Å². The number of hydrogen-bond donors (Lipinski definition) is 1. The third-order valence-corrected chi connectivity index (χ3v) is 4.38. The summed E-state index contributed by atoms with van der Waals surface area (Å²) in [7, 11) is 1.64. The molecule has 2 rings (SSSR count). The first-order valence-corrected chi connectivity index (χ1v) is 8.27. The Morgan fingerprint density at radius 1 is 1.30 bits per heavy atom. The zero-order valence-corrected chi connectivity index (χ0v) is 14.6. The highest BCUT2D eigenvalue weighted by molar-refractivity contribution is 9.11. The van der Waals surface area contributed by atoms with Crippen molar-refractivity contribution in [1.82, 2.24) is 5.32 Å². The minimum atomic E-state index is 0.372. The molecule has 0 amide bonds. The van der Waals surface area contributed by atoms with Crippen LogP contribution in [0.3, 0.4) is 0 Å². The maximum Gasteiger partial charge on any atom is 0.134 e. The van der Waals surface area contributed by atoms with Gasteiger partial charge in [-0.1, -0.05) is 0 Å². The molecule has 1 N–H and O–H groups in total. The smallest absolute Gasteiger partial charge is 0.134 e. The Hall–Kier alpha value is -0.300. The van der Waals surface area contributed by atoms with E-state index in [9.17, 15) is 0 Å². The first-order valence-electron chi connectivity index (χ1n) is 6.69. The van der Waals surface area contributed by atoms with E-state index in [0.717, 1.165) is 46.6 Å². The van der Waals surface area contributed by atoms with E-state index in [1.165, 1.54) is 6.42 Å². The molecule has 1 unspecified atom stereocenters. The summed E-state index contributed by atoms with van der Waals surface area (Å²) in [5.74, 6) is 1.58. The van der Waals surface area contributed by atoms with Gasteiger partial charge in [-0.3, -0.25) is 0 Å². The topological polar surface area (TPSA) is 39.7 Å². The van der Waals surface area contributed by atoms with Crippen molar-refractivity contribution in [2.75, 3.05) is 33.4 Å². The number of nitrogens with one attached hydrogen (secondary N) is 1. The van der Waals surface area contributed by atoms with E-state index in [4.69, 9.17) is 14.2 Å². The van der Waals surface area contributed by atoms with Crippen molar-refractivity contribution < 1.29 is 14.2 Å². The van der Waals surface area contributed by atoms with E-state index in [2.05, 4.69) is 37.2 Å². The Morgan fingerprint density at radius 3 is 2.75 bits per heavy atom. The molecule has 1 heterocycles. The molecule has 112 valence electrons. The van der Waals surface area contributed by atoms with E-state index in [1.54, 1.807) is 7.11 Å². The number of benzene rings is 1. The largest absolute Gasteiger partial charge is 0.496 e. The highest BCUT2D eigenvalue weighted by Gasteiger charge is 2.14. The molecule has 4 nitrogen and oxygen atoms in total. The molecule has 1 aromatic carbocycles. The predicted molar refractivity (Wildman–Crippen MR) is 85.7 cm³/mol. The molecule has 6 heteroatoms. The molecule has 0 radical (unpaired) electrons. The zero-order chi connectivity index (χ0) is 14.4. The maximum atomic E-state index is 5.75. The van der Waals surface area contributed by atoms with Gasteiger partial charge in [0.25, 0.3) is 0 Å². The van der Waals surface area contributed by atoms with Gasteiger partial charge in [-0.2, -0.15) is 0 Å². The molecule has 1 atom stereocenters. The van der Waals surface area contributed by atoms with Crippen LogP contribution in [0, 0.1) is 0 Å². The fourth-order valence-electron chi connectivity index (χ4n) is 2.08. The molecule has 1 aliphatic rings. The maximum absolute atomic E-state index is 5.75. The summed E-state index contributed by atoms with van der Waals surface area (Å²) in [5, 5.41) is 3.35. The lowest BCUT2D eigenvalue weighted by molar-refractivity contribution is 0.109. The Labute approximate surface area is 136 Å². The zero-order valence-electron chi connectivity index (χ0n) is 11.5. The highest BCUT2D eigenvalue weighted by Crippen LogP contribution is 2.35. The Bertz CT molecular complexity index is 437. The summed E-state index contributed by atoms with van der Waals surface area (Å²) in [4.78, 5) is 0. The van der Waals surface area contributed by atoms with Gasteiger partial charge in [0.1, 0.15) is 18.1 Å². The summed E-state index contributed by atoms with van der Waals surface area (Å²) < 4.78 is 18.3. The van der Waals surface area contributed by atoms with Crippen LogP contribution in [0.25, 0.3) is 0 Å². The first-order chi connectivity index (χ1) is 9.70. The SMILES string of the molecule is COc1cc(Br)c(OCCNCC2CCCO2)cc1Br. The summed E-state index contributed by atoms with van der Waals surface area (Å²) in [6, 6.07) is 3.79. The molecule has 1 aliphatic heterocycles. The van der Waals surface area contributed by atoms with Crippen LogP contribution in [-0.4, -0.2) is 39.5 Å². The standard InChI is InChI=1S/C14H19Br2NO3/c1-18-13-7-12(16)14(8-11(13)15)20-6-4-17-9-10-3-2-5-19-10/h7-8,10,17H,2-6,9H2,1H3. The minimum Gasteiger partial charge on any atom is -0.496 e. The van der Waals surface area contributed by atoms with Gasteiger partial charge in [0.05, 0.1) is 22.2 Å². The van der Waals surface area contributed by atoms with Crippen LogP contribution in [-0.2, 0) is 4.74 Å². The fraction of sp³-hybridized carbons (Fsp3) is 0.571. The van der Waals surface area contributed by atoms with Gasteiger partial charge in [-0.25, -0.2) is 0 Å². The van der Waals surface area contributed by atoms with Crippen molar-refractivity contribution in [3.05, 3.63) is 21.1 Å². The molecule has 0 spiro atoms. The lowest BCUT2D eigenvalue weighted by Crippen LogP contribution is -2.29. The number of hydrogen-bond acceptors (Lipinski definition) is 4. The van der Waals surface area contributed by atoms with Crippen LogP contribution in [0.1, 0.15) is 12.8 Å². The molecule has 0 aliphatic carbocycles. The molecule has 20 heavy (non-hydrogen) atoms. The van der Waals surface area contributed by atoms with Crippen LogP contribution in [0.5, 0.6) is 11.5 Å². The second-order valence-corrected chi connectivity index (χ2v) is 6.31. The van der Waals surface area contributed by atoms with Gasteiger partial charge in [0.2, 0.25) is 0 Å². The number of rotatable bonds is 7. The quantitative estimate of drug-likeness (QED) is 0.702. The van der Waals surface area contributed by atoms with Gasteiger partial charge in [0, 0.05) is 19.7 Å². The highest BCUT2D eigenvalue weighted by atomic mass is 79.9. The summed E-state index contributed by atoms with van der Waals surface area (Å²) in [5.41, 5.74) is 0. The number of ether oxygens (including phenoxy) is 3. The van der Waals surface area contributed by atoms with Gasteiger partial charge in [-0.05, 0) is 56.8 Å². The molecule has 0 saturated carbocycles. The third-order valence-electron chi connectivity index (χ3n) is 3.14. The van der Waals surface area contributed by atoms with E-state index in [1.807, 2.05) is 12.1 Å². The van der Waals surface area contributed by atoms with Crippen molar-refractivity contribution in [2.45, 2.75) is 18.9 Å². The predicted octanol–water partition coefficient (Wildman–Crippen LogP) is 3.37. The average Bonchev–Trinajstić information content (AvgIpc) is 2.95. The Balaban J connectivity index is 1.72. The van der Waals surface area contributed by atoms with Gasteiger partial charge < -0.3 is 19.5 Å². The lowest BCUT2D eigenvalue weighted by Gasteiger charge is -2.13. The summed E-state index contributed by atoms with van der Waals surface area (Å²) >= 11 is 6.93. The van der Waals surface area contributed by atoms with Crippen molar-refractivity contribution in [3.8, 4) is 11.5 Å².